The van der Waals surface area contributed by atoms with Gasteiger partial charge >= 0.3 is 0 Å². The van der Waals surface area contributed by atoms with Crippen molar-refractivity contribution < 1.29 is 4.74 Å². The molecule has 0 fully saturated rings. The van der Waals surface area contributed by atoms with E-state index in [-0.39, 0.29) is 0 Å². The van der Waals surface area contributed by atoms with Crippen LogP contribution in [0.1, 0.15) is 11.1 Å². The molecule has 2 rings (SSSR count). The van der Waals surface area contributed by atoms with Gasteiger partial charge in [-0.15, -0.1) is 0 Å². The van der Waals surface area contributed by atoms with Gasteiger partial charge in [0.2, 0.25) is 0 Å². The highest BCUT2D eigenvalue weighted by molar-refractivity contribution is 7.98. The highest BCUT2D eigenvalue weighted by Crippen LogP contribution is 2.27. The summed E-state index contributed by atoms with van der Waals surface area (Å²) in [6.07, 6.45) is 1.57. The van der Waals surface area contributed by atoms with Crippen molar-refractivity contribution in [2.45, 2.75) is 17.5 Å². The molecule has 0 amide bonds. The van der Waals surface area contributed by atoms with Gasteiger partial charge in [-0.25, -0.2) is 9.67 Å². The number of benzene rings is 1. The van der Waals surface area contributed by atoms with E-state index < -0.39 is 0 Å². The number of aryl methyl sites for hydroxylation is 1. The number of rotatable bonds is 6. The molecule has 5 nitrogen and oxygen atoms in total. The van der Waals surface area contributed by atoms with Crippen molar-refractivity contribution in [1.29, 1.82) is 0 Å². The van der Waals surface area contributed by atoms with Gasteiger partial charge in [0.25, 0.3) is 0 Å². The number of methoxy groups -OCH3 is 1. The Morgan fingerprint density at radius 3 is 2.89 bits per heavy atom. The molecule has 0 aliphatic heterocycles. The number of hydrogen-bond donors (Lipinski definition) is 1. The Morgan fingerprint density at radius 2 is 2.26 bits per heavy atom. The zero-order valence-corrected chi connectivity index (χ0v) is 12.2. The van der Waals surface area contributed by atoms with E-state index in [2.05, 4.69) is 27.5 Å². The zero-order chi connectivity index (χ0) is 13.7. The lowest BCUT2D eigenvalue weighted by Gasteiger charge is -2.10. The molecular formula is C13H18N4OS. The lowest BCUT2D eigenvalue weighted by Crippen LogP contribution is -2.05. The molecule has 0 unspecified atom stereocenters. The Morgan fingerprint density at radius 1 is 1.42 bits per heavy atom. The topological polar surface area (TPSA) is 52.0 Å². The molecular weight excluding hydrogens is 260 g/mol. The van der Waals surface area contributed by atoms with E-state index in [0.717, 1.165) is 23.2 Å². The van der Waals surface area contributed by atoms with Crippen LogP contribution in [0.4, 0.5) is 0 Å². The molecule has 0 atom stereocenters. The first-order valence-electron chi connectivity index (χ1n) is 6.01. The molecule has 6 heteroatoms. The number of aromatic nitrogens is 3. The van der Waals surface area contributed by atoms with Crippen LogP contribution >= 0.6 is 11.8 Å². The molecule has 19 heavy (non-hydrogen) atoms. The van der Waals surface area contributed by atoms with E-state index in [9.17, 15) is 0 Å². The number of nitrogens with zero attached hydrogens (tertiary/aromatic N) is 3. The van der Waals surface area contributed by atoms with Crippen LogP contribution in [0.5, 0.6) is 5.75 Å². The standard InChI is InChI=1S/C13H18N4OS/c1-14-7-10-4-5-12(18-3)11(6-10)8-19-13-15-9-16-17(13)2/h4-6,9,14H,7-8H2,1-3H3. The summed E-state index contributed by atoms with van der Waals surface area (Å²) < 4.78 is 7.17. The van der Waals surface area contributed by atoms with E-state index in [1.54, 1.807) is 29.9 Å². The monoisotopic (exact) mass is 278 g/mol. The molecule has 0 saturated heterocycles. The van der Waals surface area contributed by atoms with E-state index in [1.165, 1.54) is 11.1 Å². The van der Waals surface area contributed by atoms with Crippen LogP contribution in [0.15, 0.2) is 29.7 Å². The first kappa shape index (κ1) is 13.9. The van der Waals surface area contributed by atoms with Crippen molar-refractivity contribution in [1.82, 2.24) is 20.1 Å². The molecule has 1 aromatic heterocycles. The zero-order valence-electron chi connectivity index (χ0n) is 11.4. The minimum Gasteiger partial charge on any atom is -0.496 e. The summed E-state index contributed by atoms with van der Waals surface area (Å²) in [5.74, 6) is 1.72. The maximum absolute atomic E-state index is 5.40. The van der Waals surface area contributed by atoms with Gasteiger partial charge in [0, 0.05) is 24.9 Å². The minimum atomic E-state index is 0.813. The van der Waals surface area contributed by atoms with E-state index >= 15 is 0 Å². The fraction of sp³-hybridized carbons (Fsp3) is 0.385. The summed E-state index contributed by atoms with van der Waals surface area (Å²) in [5.41, 5.74) is 2.42. The van der Waals surface area contributed by atoms with E-state index in [0.29, 0.717) is 0 Å². The van der Waals surface area contributed by atoms with Crippen molar-refractivity contribution >= 4 is 11.8 Å². The summed E-state index contributed by atoms with van der Waals surface area (Å²) in [4.78, 5) is 4.21. The van der Waals surface area contributed by atoms with Gasteiger partial charge in [-0.1, -0.05) is 17.8 Å². The Labute approximate surface area is 117 Å². The predicted octanol–water partition coefficient (Wildman–Crippen LogP) is 1.84. The SMILES string of the molecule is CNCc1ccc(OC)c(CSc2ncnn2C)c1. The highest BCUT2D eigenvalue weighted by atomic mass is 32.2. The molecule has 102 valence electrons. The number of hydrogen-bond acceptors (Lipinski definition) is 5. The fourth-order valence-electron chi connectivity index (χ4n) is 1.82. The molecule has 0 aliphatic rings. The number of thioether (sulfide) groups is 1. The molecule has 0 aliphatic carbocycles. The predicted molar refractivity (Wildman–Crippen MR) is 76.3 cm³/mol. The second-order valence-corrected chi connectivity index (χ2v) is 5.07. The van der Waals surface area contributed by atoms with Gasteiger partial charge in [-0.3, -0.25) is 0 Å². The Bertz CT molecular complexity index is 541. The summed E-state index contributed by atoms with van der Waals surface area (Å²) >= 11 is 1.65. The normalized spacial score (nSPS) is 10.7. The quantitative estimate of drug-likeness (QED) is 0.817. The van der Waals surface area contributed by atoms with Gasteiger partial charge in [0.1, 0.15) is 12.1 Å². The minimum absolute atomic E-state index is 0.813. The van der Waals surface area contributed by atoms with Crippen LogP contribution < -0.4 is 10.1 Å². The molecule has 1 heterocycles. The number of ether oxygens (including phenoxy) is 1. The van der Waals surface area contributed by atoms with Gasteiger partial charge in [0.15, 0.2) is 5.16 Å². The molecule has 1 aromatic carbocycles. The van der Waals surface area contributed by atoms with Crippen LogP contribution in [-0.4, -0.2) is 28.9 Å². The van der Waals surface area contributed by atoms with Crippen LogP contribution in [0.3, 0.4) is 0 Å². The van der Waals surface area contributed by atoms with Gasteiger partial charge in [-0.05, 0) is 24.7 Å². The van der Waals surface area contributed by atoms with Crippen molar-refractivity contribution in [2.75, 3.05) is 14.2 Å². The van der Waals surface area contributed by atoms with Crippen LogP contribution in [-0.2, 0) is 19.3 Å². The lowest BCUT2D eigenvalue weighted by molar-refractivity contribution is 0.411. The fourth-order valence-corrected chi connectivity index (χ4v) is 2.68. The third kappa shape index (κ3) is 3.48. The van der Waals surface area contributed by atoms with E-state index in [4.69, 9.17) is 4.74 Å². The van der Waals surface area contributed by atoms with Crippen molar-refractivity contribution in [2.24, 2.45) is 7.05 Å². The molecule has 0 bridgehead atoms. The summed E-state index contributed by atoms with van der Waals surface area (Å²) in [7, 11) is 5.53. The smallest absolute Gasteiger partial charge is 0.186 e. The lowest BCUT2D eigenvalue weighted by atomic mass is 10.1. The Balaban J connectivity index is 2.13. The third-order valence-corrected chi connectivity index (χ3v) is 3.84. The Kier molecular flexibility index (Phi) is 4.81. The second-order valence-electron chi connectivity index (χ2n) is 4.13. The third-order valence-electron chi connectivity index (χ3n) is 2.75. The molecule has 1 N–H and O–H groups in total. The first-order valence-corrected chi connectivity index (χ1v) is 7.00. The molecule has 0 saturated carbocycles. The molecule has 0 spiro atoms. The van der Waals surface area contributed by atoms with Gasteiger partial charge < -0.3 is 10.1 Å². The van der Waals surface area contributed by atoms with Crippen molar-refractivity contribution in [3.8, 4) is 5.75 Å². The van der Waals surface area contributed by atoms with Crippen LogP contribution in [0.2, 0.25) is 0 Å². The Hall–Kier alpha value is -1.53. The second kappa shape index (κ2) is 6.58. The maximum atomic E-state index is 5.40. The van der Waals surface area contributed by atoms with Crippen molar-refractivity contribution in [3.05, 3.63) is 35.7 Å². The van der Waals surface area contributed by atoms with Crippen molar-refractivity contribution in [3.63, 3.8) is 0 Å². The van der Waals surface area contributed by atoms with Gasteiger partial charge in [-0.2, -0.15) is 5.10 Å². The van der Waals surface area contributed by atoms with Crippen LogP contribution in [0, 0.1) is 0 Å². The first-order chi connectivity index (χ1) is 9.24. The average Bonchev–Trinajstić information content (AvgIpc) is 2.82. The molecule has 0 radical (unpaired) electrons. The van der Waals surface area contributed by atoms with Gasteiger partial charge in [0.05, 0.1) is 7.11 Å². The number of nitrogens with one attached hydrogen (secondary N) is 1. The average molecular weight is 278 g/mol. The molecule has 2 aromatic rings. The maximum Gasteiger partial charge on any atom is 0.186 e. The largest absolute Gasteiger partial charge is 0.496 e. The van der Waals surface area contributed by atoms with Crippen LogP contribution in [0.25, 0.3) is 0 Å². The summed E-state index contributed by atoms with van der Waals surface area (Å²) in [6, 6.07) is 6.25. The summed E-state index contributed by atoms with van der Waals surface area (Å²) in [6.45, 7) is 0.853. The highest BCUT2D eigenvalue weighted by Gasteiger charge is 2.07. The summed E-state index contributed by atoms with van der Waals surface area (Å²) in [5, 5.41) is 8.12. The van der Waals surface area contributed by atoms with E-state index in [1.807, 2.05) is 20.2 Å².